The minimum Gasteiger partial charge on any atom is -0.374 e. The van der Waals surface area contributed by atoms with Crippen molar-refractivity contribution in [2.45, 2.75) is 46.4 Å². The molecule has 1 amide bonds. The molecule has 0 aliphatic carbocycles. The number of pyridine rings is 1. The summed E-state index contributed by atoms with van der Waals surface area (Å²) in [7, 11) is 0. The number of aryl methyl sites for hydroxylation is 1. The van der Waals surface area contributed by atoms with Gasteiger partial charge in [0, 0.05) is 6.20 Å². The molecule has 0 unspecified atom stereocenters. The lowest BCUT2D eigenvalue weighted by atomic mass is 10.1. The lowest BCUT2D eigenvalue weighted by Gasteiger charge is -2.23. The topological polar surface area (TPSA) is 94.5 Å². The highest BCUT2D eigenvalue weighted by Gasteiger charge is 2.27. The Morgan fingerprint density at radius 3 is 2.64 bits per heavy atom. The van der Waals surface area contributed by atoms with E-state index in [9.17, 15) is 4.79 Å². The van der Waals surface area contributed by atoms with E-state index in [1.165, 1.54) is 0 Å². The summed E-state index contributed by atoms with van der Waals surface area (Å²) >= 11 is 0. The molecule has 3 N–H and O–H groups in total. The van der Waals surface area contributed by atoms with Crippen molar-refractivity contribution in [2.24, 2.45) is 5.73 Å². The number of nitrogens with two attached hydrogens (primary N) is 1. The molecule has 0 saturated carbocycles. The Morgan fingerprint density at radius 1 is 1.25 bits per heavy atom. The van der Waals surface area contributed by atoms with Crippen LogP contribution in [0.2, 0.25) is 0 Å². The van der Waals surface area contributed by atoms with Gasteiger partial charge in [0.2, 0.25) is 5.91 Å². The molecule has 0 saturated heterocycles. The first-order chi connectivity index (χ1) is 12.8. The number of ether oxygens (including phenoxy) is 1. The minimum absolute atomic E-state index is 0. The van der Waals surface area contributed by atoms with Crippen molar-refractivity contribution < 1.29 is 9.53 Å². The van der Waals surface area contributed by atoms with Crippen LogP contribution in [0.3, 0.4) is 0 Å². The molecule has 0 spiro atoms. The molecule has 1 aromatic carbocycles. The van der Waals surface area contributed by atoms with Crippen LogP contribution in [0.4, 0.5) is 0 Å². The SMILES string of the molecule is C.Cc1ccn2c([C@@H](COCc3ccccc3)NC(=O)C(C)(C)N)nnc2c1. The van der Waals surface area contributed by atoms with Crippen LogP contribution in [0.25, 0.3) is 5.65 Å². The molecule has 0 radical (unpaired) electrons. The van der Waals surface area contributed by atoms with Gasteiger partial charge in [0.05, 0.1) is 18.8 Å². The number of amides is 1. The summed E-state index contributed by atoms with van der Waals surface area (Å²) < 4.78 is 7.71. The number of hydrogen-bond acceptors (Lipinski definition) is 5. The largest absolute Gasteiger partial charge is 0.374 e. The van der Waals surface area contributed by atoms with Crippen molar-refractivity contribution in [1.82, 2.24) is 19.9 Å². The second-order valence-electron chi connectivity index (χ2n) is 7.24. The molecule has 0 fully saturated rings. The first kappa shape index (κ1) is 21.5. The monoisotopic (exact) mass is 383 g/mol. The van der Waals surface area contributed by atoms with Gasteiger partial charge in [-0.15, -0.1) is 10.2 Å². The summed E-state index contributed by atoms with van der Waals surface area (Å²) in [5.41, 5.74) is 7.80. The molecule has 3 aromatic rings. The van der Waals surface area contributed by atoms with Gasteiger partial charge in [0.1, 0.15) is 6.04 Å². The fraction of sp³-hybridized carbons (Fsp3) is 0.381. The first-order valence-corrected chi connectivity index (χ1v) is 8.87. The number of hydrogen-bond donors (Lipinski definition) is 2. The molecule has 28 heavy (non-hydrogen) atoms. The van der Waals surface area contributed by atoms with Gasteiger partial charge < -0.3 is 15.8 Å². The van der Waals surface area contributed by atoms with Gasteiger partial charge in [-0.05, 0) is 44.0 Å². The van der Waals surface area contributed by atoms with E-state index in [2.05, 4.69) is 15.5 Å². The molecule has 0 aliphatic heterocycles. The Balaban J connectivity index is 0.00000280. The van der Waals surface area contributed by atoms with Gasteiger partial charge >= 0.3 is 0 Å². The first-order valence-electron chi connectivity index (χ1n) is 8.87. The Hall–Kier alpha value is -2.77. The van der Waals surface area contributed by atoms with E-state index in [0.717, 1.165) is 16.8 Å². The van der Waals surface area contributed by atoms with E-state index in [1.54, 1.807) is 13.8 Å². The number of rotatable bonds is 7. The fourth-order valence-corrected chi connectivity index (χ4v) is 2.64. The molecule has 2 heterocycles. The Bertz CT molecular complexity index is 915. The van der Waals surface area contributed by atoms with Crippen LogP contribution in [0, 0.1) is 6.92 Å². The predicted octanol–water partition coefficient (Wildman–Crippen LogP) is 2.79. The highest BCUT2D eigenvalue weighted by atomic mass is 16.5. The molecule has 0 aliphatic rings. The number of aromatic nitrogens is 3. The van der Waals surface area contributed by atoms with Crippen molar-refractivity contribution >= 4 is 11.6 Å². The van der Waals surface area contributed by atoms with E-state index in [1.807, 2.05) is 60.0 Å². The lowest BCUT2D eigenvalue weighted by molar-refractivity contribution is -0.126. The van der Waals surface area contributed by atoms with Gasteiger partial charge in [-0.25, -0.2) is 0 Å². The Labute approximate surface area is 165 Å². The smallest absolute Gasteiger partial charge is 0.240 e. The summed E-state index contributed by atoms with van der Waals surface area (Å²) in [4.78, 5) is 12.4. The zero-order chi connectivity index (χ0) is 19.4. The summed E-state index contributed by atoms with van der Waals surface area (Å²) in [5.74, 6) is 0.329. The van der Waals surface area contributed by atoms with E-state index in [0.29, 0.717) is 12.4 Å². The maximum Gasteiger partial charge on any atom is 0.240 e. The maximum atomic E-state index is 12.4. The van der Waals surface area contributed by atoms with Crippen LogP contribution in [0.15, 0.2) is 48.7 Å². The van der Waals surface area contributed by atoms with Crippen LogP contribution >= 0.6 is 0 Å². The average Bonchev–Trinajstić information content (AvgIpc) is 3.03. The third-order valence-corrected chi connectivity index (χ3v) is 4.19. The summed E-state index contributed by atoms with van der Waals surface area (Å²) in [6.07, 6.45) is 1.89. The molecule has 0 bridgehead atoms. The quantitative estimate of drug-likeness (QED) is 0.654. The maximum absolute atomic E-state index is 12.4. The third-order valence-electron chi connectivity index (χ3n) is 4.19. The summed E-state index contributed by atoms with van der Waals surface area (Å²) in [6.45, 7) is 6.01. The van der Waals surface area contributed by atoms with Crippen LogP contribution in [-0.4, -0.2) is 32.7 Å². The molecular weight excluding hydrogens is 354 g/mol. The standard InChI is InChI=1S/C20H25N5O2.CH4/c1-14-9-10-25-17(11-14)23-24-18(25)16(22-19(26)20(2,3)21)13-27-12-15-7-5-4-6-8-15;/h4-11,16H,12-13,21H2,1-3H3,(H,22,26);1H4/t16-;/m1./s1. The number of carbonyl (C=O) groups is 1. The van der Waals surface area contributed by atoms with Crippen LogP contribution in [0.5, 0.6) is 0 Å². The summed E-state index contributed by atoms with van der Waals surface area (Å²) in [5, 5.41) is 11.4. The van der Waals surface area contributed by atoms with Crippen LogP contribution in [0.1, 0.15) is 44.3 Å². The molecule has 1 atom stereocenters. The van der Waals surface area contributed by atoms with E-state index in [-0.39, 0.29) is 19.9 Å². The number of nitrogens with zero attached hydrogens (tertiary/aromatic N) is 3. The Morgan fingerprint density at radius 2 is 1.96 bits per heavy atom. The zero-order valence-corrected chi connectivity index (χ0v) is 15.8. The zero-order valence-electron chi connectivity index (χ0n) is 15.8. The molecule has 150 valence electrons. The second kappa shape index (κ2) is 8.95. The molecule has 2 aromatic heterocycles. The van der Waals surface area contributed by atoms with Crippen molar-refractivity contribution in [2.75, 3.05) is 6.61 Å². The molecule has 7 heteroatoms. The van der Waals surface area contributed by atoms with Crippen LogP contribution < -0.4 is 11.1 Å². The van der Waals surface area contributed by atoms with Crippen molar-refractivity contribution in [1.29, 1.82) is 0 Å². The van der Waals surface area contributed by atoms with E-state index < -0.39 is 11.6 Å². The Kier molecular flexibility index (Phi) is 6.88. The fourth-order valence-electron chi connectivity index (χ4n) is 2.64. The second-order valence-corrected chi connectivity index (χ2v) is 7.24. The highest BCUT2D eigenvalue weighted by Crippen LogP contribution is 2.16. The van der Waals surface area contributed by atoms with Crippen molar-refractivity contribution in [3.05, 3.63) is 65.6 Å². The van der Waals surface area contributed by atoms with Gasteiger partial charge in [-0.2, -0.15) is 0 Å². The minimum atomic E-state index is -1.01. The van der Waals surface area contributed by atoms with E-state index in [4.69, 9.17) is 10.5 Å². The highest BCUT2D eigenvalue weighted by molar-refractivity contribution is 5.85. The van der Waals surface area contributed by atoms with Gasteiger partial charge in [0.15, 0.2) is 11.5 Å². The molecule has 3 rings (SSSR count). The van der Waals surface area contributed by atoms with Gasteiger partial charge in [-0.3, -0.25) is 9.20 Å². The number of benzene rings is 1. The number of fused-ring (bicyclic) bond motifs is 1. The summed E-state index contributed by atoms with van der Waals surface area (Å²) in [6, 6.07) is 13.3. The average molecular weight is 383 g/mol. The number of carbonyl (C=O) groups excluding carboxylic acids is 1. The molecule has 7 nitrogen and oxygen atoms in total. The van der Waals surface area contributed by atoms with Crippen LogP contribution in [-0.2, 0) is 16.1 Å². The lowest BCUT2D eigenvalue weighted by Crippen LogP contribution is -2.50. The van der Waals surface area contributed by atoms with Gasteiger partial charge in [0.25, 0.3) is 0 Å². The number of nitrogens with one attached hydrogen (secondary N) is 1. The van der Waals surface area contributed by atoms with Crippen molar-refractivity contribution in [3.8, 4) is 0 Å². The molecular formula is C21H29N5O2. The third kappa shape index (κ3) is 5.15. The van der Waals surface area contributed by atoms with Crippen molar-refractivity contribution in [3.63, 3.8) is 0 Å². The van der Waals surface area contributed by atoms with E-state index >= 15 is 0 Å². The normalized spacial score (nSPS) is 12.4. The van der Waals surface area contributed by atoms with Gasteiger partial charge in [-0.1, -0.05) is 37.8 Å². The predicted molar refractivity (Wildman–Crippen MR) is 110 cm³/mol.